The Morgan fingerprint density at radius 1 is 0.967 bits per heavy atom. The highest BCUT2D eigenvalue weighted by Crippen LogP contribution is 2.23. The van der Waals surface area contributed by atoms with E-state index in [0.29, 0.717) is 28.2 Å². The molecular weight excluding hydrogens is 448 g/mol. The fraction of sp³-hybridized carbons (Fsp3) is 0.0870. The van der Waals surface area contributed by atoms with Crippen LogP contribution in [0.2, 0.25) is 0 Å². The number of hydrogen-bond acceptors (Lipinski definition) is 5. The number of amides is 1. The van der Waals surface area contributed by atoms with Crippen LogP contribution in [0.15, 0.2) is 76.3 Å². The van der Waals surface area contributed by atoms with Gasteiger partial charge in [-0.2, -0.15) is 5.10 Å². The Morgan fingerprint density at radius 2 is 1.67 bits per heavy atom. The first-order valence-electron chi connectivity index (χ1n) is 9.03. The average Bonchev–Trinajstić information content (AvgIpc) is 2.75. The van der Waals surface area contributed by atoms with E-state index in [-0.39, 0.29) is 0 Å². The second kappa shape index (κ2) is 9.84. The molecule has 0 saturated carbocycles. The molecule has 0 saturated heterocycles. The summed E-state index contributed by atoms with van der Waals surface area (Å²) in [6.45, 7) is 1.84. The molecule has 3 rings (SSSR count). The Morgan fingerprint density at radius 3 is 2.40 bits per heavy atom. The van der Waals surface area contributed by atoms with Gasteiger partial charge in [0.15, 0.2) is 0 Å². The Hall–Kier alpha value is -3.45. The number of halogens is 1. The van der Waals surface area contributed by atoms with Gasteiger partial charge in [-0.15, -0.1) is 0 Å². The highest BCUT2D eigenvalue weighted by atomic mass is 79.9. The van der Waals surface area contributed by atoms with E-state index >= 15 is 0 Å². The molecule has 0 aliphatic carbocycles. The fourth-order valence-electron chi connectivity index (χ4n) is 2.72. The molecule has 0 heterocycles. The largest absolute Gasteiger partial charge is 0.496 e. The van der Waals surface area contributed by atoms with Crippen LogP contribution in [0.4, 0.5) is 0 Å². The summed E-state index contributed by atoms with van der Waals surface area (Å²) in [6, 6.07) is 19.2. The lowest BCUT2D eigenvalue weighted by atomic mass is 10.1. The second-order valence-electron chi connectivity index (χ2n) is 6.29. The number of methoxy groups -OCH3 is 1. The van der Waals surface area contributed by atoms with Gasteiger partial charge in [-0.3, -0.25) is 4.79 Å². The quantitative estimate of drug-likeness (QED) is 0.246. The molecule has 1 amide bonds. The van der Waals surface area contributed by atoms with Crippen molar-refractivity contribution < 1.29 is 19.1 Å². The van der Waals surface area contributed by atoms with Gasteiger partial charge in [-0.05, 0) is 48.9 Å². The van der Waals surface area contributed by atoms with Crippen LogP contribution in [0.5, 0.6) is 11.5 Å². The lowest BCUT2D eigenvalue weighted by Crippen LogP contribution is -2.18. The van der Waals surface area contributed by atoms with Crippen LogP contribution < -0.4 is 14.9 Å². The maximum atomic E-state index is 12.5. The van der Waals surface area contributed by atoms with Gasteiger partial charge in [0.05, 0.1) is 24.5 Å². The molecule has 30 heavy (non-hydrogen) atoms. The molecule has 0 spiro atoms. The van der Waals surface area contributed by atoms with Crippen molar-refractivity contribution in [1.29, 1.82) is 0 Å². The minimum Gasteiger partial charge on any atom is -0.496 e. The average molecular weight is 467 g/mol. The van der Waals surface area contributed by atoms with Crippen molar-refractivity contribution in [2.24, 2.45) is 5.10 Å². The predicted molar refractivity (Wildman–Crippen MR) is 118 cm³/mol. The van der Waals surface area contributed by atoms with Crippen molar-refractivity contribution in [2.45, 2.75) is 6.92 Å². The molecule has 3 aromatic rings. The van der Waals surface area contributed by atoms with Gasteiger partial charge in [0.2, 0.25) is 0 Å². The number of nitrogens with zero attached hydrogens (tertiary/aromatic N) is 1. The molecule has 0 radical (unpaired) electrons. The summed E-state index contributed by atoms with van der Waals surface area (Å²) in [5.41, 5.74) is 4.63. The highest BCUT2D eigenvalue weighted by Gasteiger charge is 2.14. The van der Waals surface area contributed by atoms with Gasteiger partial charge in [0.25, 0.3) is 5.91 Å². The van der Waals surface area contributed by atoms with Gasteiger partial charge in [0.1, 0.15) is 11.5 Å². The number of hydrogen-bond donors (Lipinski definition) is 1. The number of esters is 1. The first kappa shape index (κ1) is 21.3. The van der Waals surface area contributed by atoms with Crippen molar-refractivity contribution >= 4 is 34.0 Å². The topological polar surface area (TPSA) is 77.0 Å². The number of hydrazone groups is 1. The number of carbonyl (C=O) groups excluding carboxylic acids is 2. The summed E-state index contributed by atoms with van der Waals surface area (Å²) in [5, 5.41) is 4.00. The van der Waals surface area contributed by atoms with Gasteiger partial charge < -0.3 is 9.47 Å². The molecule has 6 nitrogen and oxygen atoms in total. The number of nitrogens with one attached hydrogen (secondary N) is 1. The monoisotopic (exact) mass is 466 g/mol. The van der Waals surface area contributed by atoms with E-state index in [2.05, 4.69) is 26.5 Å². The Bertz CT molecular complexity index is 1110. The fourth-order valence-corrected chi connectivity index (χ4v) is 3.10. The lowest BCUT2D eigenvalue weighted by molar-refractivity contribution is 0.0733. The van der Waals surface area contributed by atoms with Crippen molar-refractivity contribution in [3.63, 3.8) is 0 Å². The first-order valence-corrected chi connectivity index (χ1v) is 9.82. The zero-order chi connectivity index (χ0) is 21.5. The molecule has 0 aliphatic rings. The first-order chi connectivity index (χ1) is 14.5. The van der Waals surface area contributed by atoms with Gasteiger partial charge >= 0.3 is 5.97 Å². The van der Waals surface area contributed by atoms with Gasteiger partial charge in [0, 0.05) is 10.0 Å². The molecule has 0 fully saturated rings. The van der Waals surface area contributed by atoms with Crippen molar-refractivity contribution in [2.75, 3.05) is 7.11 Å². The molecule has 3 aromatic carbocycles. The molecule has 0 aliphatic heterocycles. The van der Waals surface area contributed by atoms with E-state index in [0.717, 1.165) is 10.0 Å². The molecule has 152 valence electrons. The summed E-state index contributed by atoms with van der Waals surface area (Å²) in [5.74, 6) is -0.123. The number of benzene rings is 3. The zero-order valence-electron chi connectivity index (χ0n) is 16.4. The van der Waals surface area contributed by atoms with E-state index in [1.54, 1.807) is 54.6 Å². The molecule has 0 atom stereocenters. The number of ether oxygens (including phenoxy) is 2. The second-order valence-corrected chi connectivity index (χ2v) is 7.20. The van der Waals surface area contributed by atoms with Crippen LogP contribution in [-0.4, -0.2) is 25.2 Å². The molecule has 0 bridgehead atoms. The highest BCUT2D eigenvalue weighted by molar-refractivity contribution is 9.10. The zero-order valence-corrected chi connectivity index (χ0v) is 18.0. The van der Waals surface area contributed by atoms with Crippen molar-refractivity contribution in [3.8, 4) is 11.5 Å². The van der Waals surface area contributed by atoms with Gasteiger partial charge in [-0.25, -0.2) is 10.2 Å². The van der Waals surface area contributed by atoms with Crippen LogP contribution in [0, 0.1) is 6.92 Å². The SMILES string of the molecule is COc1ccccc1C(=O)N/N=C/c1cc(Br)ccc1OC(=O)c1ccccc1C. The Kier molecular flexibility index (Phi) is 6.98. The molecule has 0 unspecified atom stereocenters. The summed E-state index contributed by atoms with van der Waals surface area (Å²) in [4.78, 5) is 24.9. The summed E-state index contributed by atoms with van der Waals surface area (Å²) in [7, 11) is 1.49. The maximum Gasteiger partial charge on any atom is 0.343 e. The standard InChI is InChI=1S/C23H19BrN2O4/c1-15-7-3-4-8-18(15)23(28)30-20-12-11-17(24)13-16(20)14-25-26-22(27)19-9-5-6-10-21(19)29-2/h3-14H,1-2H3,(H,26,27)/b25-14+. The number of aryl methyl sites for hydroxylation is 1. The van der Waals surface area contributed by atoms with Gasteiger partial charge in [-0.1, -0.05) is 46.3 Å². The third-order valence-electron chi connectivity index (χ3n) is 4.26. The Labute approximate surface area is 182 Å². The predicted octanol–water partition coefficient (Wildman–Crippen LogP) is 4.75. The van der Waals surface area contributed by atoms with Crippen molar-refractivity contribution in [3.05, 3.63) is 93.5 Å². The van der Waals surface area contributed by atoms with Crippen LogP contribution in [0.1, 0.15) is 31.8 Å². The normalized spacial score (nSPS) is 10.6. The molecular formula is C23H19BrN2O4. The smallest absolute Gasteiger partial charge is 0.343 e. The number of carbonyl (C=O) groups is 2. The van der Waals surface area contributed by atoms with E-state index in [4.69, 9.17) is 9.47 Å². The summed E-state index contributed by atoms with van der Waals surface area (Å²) >= 11 is 3.39. The number of rotatable bonds is 6. The van der Waals surface area contributed by atoms with E-state index in [1.165, 1.54) is 13.3 Å². The van der Waals surface area contributed by atoms with E-state index < -0.39 is 11.9 Å². The van der Waals surface area contributed by atoms with Crippen LogP contribution in [0.25, 0.3) is 0 Å². The molecule has 7 heteroatoms. The minimum absolute atomic E-state index is 0.321. The summed E-state index contributed by atoms with van der Waals surface area (Å²) in [6.07, 6.45) is 1.42. The maximum absolute atomic E-state index is 12.5. The van der Waals surface area contributed by atoms with E-state index in [1.807, 2.05) is 19.1 Å². The third kappa shape index (κ3) is 5.12. The van der Waals surface area contributed by atoms with E-state index in [9.17, 15) is 9.59 Å². The molecule has 1 N–H and O–H groups in total. The van der Waals surface area contributed by atoms with Crippen LogP contribution in [0.3, 0.4) is 0 Å². The summed E-state index contributed by atoms with van der Waals surface area (Å²) < 4.78 is 11.5. The lowest BCUT2D eigenvalue weighted by Gasteiger charge is -2.10. The Balaban J connectivity index is 1.77. The number of para-hydroxylation sites is 1. The minimum atomic E-state index is -0.469. The third-order valence-corrected chi connectivity index (χ3v) is 4.75. The molecule has 0 aromatic heterocycles. The van der Waals surface area contributed by atoms with Crippen molar-refractivity contribution in [1.82, 2.24) is 5.43 Å². The van der Waals surface area contributed by atoms with Crippen LogP contribution >= 0.6 is 15.9 Å². The van der Waals surface area contributed by atoms with Crippen LogP contribution in [-0.2, 0) is 0 Å².